The number of rotatable bonds is 5. The van der Waals surface area contributed by atoms with Gasteiger partial charge >= 0.3 is 0 Å². The van der Waals surface area contributed by atoms with Gasteiger partial charge in [-0.2, -0.15) is 0 Å². The first-order valence-corrected chi connectivity index (χ1v) is 8.25. The first kappa shape index (κ1) is 17.2. The van der Waals surface area contributed by atoms with E-state index in [0.717, 1.165) is 11.4 Å². The topological polar surface area (TPSA) is 59.6 Å². The highest BCUT2D eigenvalue weighted by Gasteiger charge is 2.42. The highest BCUT2D eigenvalue weighted by Crippen LogP contribution is 2.45. The molecule has 6 heteroatoms. The molecular weight excluding hydrogens is 324 g/mol. The van der Waals surface area contributed by atoms with Crippen molar-refractivity contribution in [3.05, 3.63) is 59.7 Å². The number of nitrogens with one attached hydrogen (secondary N) is 1. The van der Waals surface area contributed by atoms with E-state index in [9.17, 15) is 8.78 Å². The molecule has 2 aromatic rings. The van der Waals surface area contributed by atoms with Crippen LogP contribution in [0.25, 0.3) is 0 Å². The highest BCUT2D eigenvalue weighted by atomic mass is 19.1. The monoisotopic (exact) mass is 345 g/mol. The van der Waals surface area contributed by atoms with Gasteiger partial charge in [-0.05, 0) is 56.7 Å². The number of hydrogen-bond acceptors (Lipinski definition) is 2. The first-order valence-electron chi connectivity index (χ1n) is 8.25. The molecule has 3 N–H and O–H groups in total. The summed E-state index contributed by atoms with van der Waals surface area (Å²) in [7, 11) is 0. The molecule has 0 bridgehead atoms. The molecule has 0 spiro atoms. The van der Waals surface area contributed by atoms with E-state index in [1.807, 2.05) is 38.1 Å². The van der Waals surface area contributed by atoms with Crippen molar-refractivity contribution in [3.63, 3.8) is 0 Å². The lowest BCUT2D eigenvalue weighted by Gasteiger charge is -2.11. The molecule has 2 unspecified atom stereocenters. The fraction of sp³-hybridized carbons (Fsp3) is 0.316. The zero-order valence-corrected chi connectivity index (χ0v) is 14.2. The third-order valence-corrected chi connectivity index (χ3v) is 3.93. The molecule has 25 heavy (non-hydrogen) atoms. The lowest BCUT2D eigenvalue weighted by molar-refractivity contribution is 0.242. The Hall–Kier alpha value is -2.63. The van der Waals surface area contributed by atoms with Gasteiger partial charge in [-0.15, -0.1) is 0 Å². The summed E-state index contributed by atoms with van der Waals surface area (Å²) in [6.07, 6.45) is 0.692. The summed E-state index contributed by atoms with van der Waals surface area (Å²) >= 11 is 0. The molecule has 0 radical (unpaired) electrons. The number of benzene rings is 2. The third-order valence-electron chi connectivity index (χ3n) is 3.93. The molecule has 3 rings (SSSR count). The largest absolute Gasteiger partial charge is 0.491 e. The van der Waals surface area contributed by atoms with Crippen LogP contribution in [0, 0.1) is 11.6 Å². The van der Waals surface area contributed by atoms with Gasteiger partial charge in [-0.25, -0.2) is 13.8 Å². The van der Waals surface area contributed by atoms with Crippen molar-refractivity contribution in [2.45, 2.75) is 38.3 Å². The van der Waals surface area contributed by atoms with Crippen LogP contribution in [-0.4, -0.2) is 18.1 Å². The van der Waals surface area contributed by atoms with Crippen LogP contribution in [0.2, 0.25) is 0 Å². The Morgan fingerprint density at radius 1 is 1.16 bits per heavy atom. The molecule has 2 aromatic carbocycles. The van der Waals surface area contributed by atoms with Crippen LogP contribution in [0.15, 0.2) is 47.5 Å². The van der Waals surface area contributed by atoms with Crippen LogP contribution in [0.5, 0.6) is 5.75 Å². The number of guanidine groups is 1. The number of anilines is 1. The third kappa shape index (κ3) is 4.26. The summed E-state index contributed by atoms with van der Waals surface area (Å²) in [6.45, 7) is 3.92. The van der Waals surface area contributed by atoms with Gasteiger partial charge in [0.15, 0.2) is 5.96 Å². The van der Waals surface area contributed by atoms with E-state index >= 15 is 0 Å². The van der Waals surface area contributed by atoms with Gasteiger partial charge in [0.05, 0.1) is 12.1 Å². The SMILES string of the molecule is CC(C)Oc1ccc(NC(N)=NC2CC2c2c(F)cccc2F)cc1. The second-order valence-electron chi connectivity index (χ2n) is 6.38. The van der Waals surface area contributed by atoms with Gasteiger partial charge in [0, 0.05) is 17.2 Å². The number of hydrogen-bond donors (Lipinski definition) is 2. The van der Waals surface area contributed by atoms with Gasteiger partial charge in [0.1, 0.15) is 17.4 Å². The maximum absolute atomic E-state index is 13.8. The first-order chi connectivity index (χ1) is 11.9. The van der Waals surface area contributed by atoms with Crippen molar-refractivity contribution in [2.24, 2.45) is 10.7 Å². The lowest BCUT2D eigenvalue weighted by atomic mass is 10.1. The second-order valence-corrected chi connectivity index (χ2v) is 6.38. The zero-order chi connectivity index (χ0) is 18.0. The maximum atomic E-state index is 13.8. The minimum Gasteiger partial charge on any atom is -0.491 e. The number of halogens is 2. The van der Waals surface area contributed by atoms with Crippen LogP contribution in [0.3, 0.4) is 0 Å². The van der Waals surface area contributed by atoms with Crippen molar-refractivity contribution >= 4 is 11.6 Å². The van der Waals surface area contributed by atoms with Crippen LogP contribution in [-0.2, 0) is 0 Å². The van der Waals surface area contributed by atoms with Crippen molar-refractivity contribution in [2.75, 3.05) is 5.32 Å². The molecule has 0 amide bonds. The van der Waals surface area contributed by atoms with E-state index in [2.05, 4.69) is 10.3 Å². The summed E-state index contributed by atoms with van der Waals surface area (Å²) in [6, 6.07) is 11.0. The quantitative estimate of drug-likeness (QED) is 0.635. The standard InChI is InChI=1S/C19H21F2N3O/c1-11(2)25-13-8-6-12(7-9-13)23-19(22)24-17-10-14(17)18-15(20)4-3-5-16(18)21/h3-9,11,14,17H,10H2,1-2H3,(H3,22,23,24). The van der Waals surface area contributed by atoms with Gasteiger partial charge in [0.25, 0.3) is 0 Å². The molecular formula is C19H21F2N3O. The summed E-state index contributed by atoms with van der Waals surface area (Å²) in [4.78, 5) is 4.31. The maximum Gasteiger partial charge on any atom is 0.193 e. The second kappa shape index (κ2) is 7.09. The Bertz CT molecular complexity index is 754. The van der Waals surface area contributed by atoms with Crippen molar-refractivity contribution in [1.82, 2.24) is 0 Å². The molecule has 0 saturated heterocycles. The molecule has 0 aliphatic heterocycles. The predicted octanol–water partition coefficient (Wildman–Crippen LogP) is 4.03. The molecule has 1 aliphatic carbocycles. The van der Waals surface area contributed by atoms with Crippen molar-refractivity contribution in [3.8, 4) is 5.75 Å². The van der Waals surface area contributed by atoms with Crippen LogP contribution >= 0.6 is 0 Å². The Balaban J connectivity index is 1.62. The van der Waals surface area contributed by atoms with Gasteiger partial charge in [-0.3, -0.25) is 0 Å². The molecule has 1 saturated carbocycles. The van der Waals surface area contributed by atoms with E-state index in [1.54, 1.807) is 0 Å². The summed E-state index contributed by atoms with van der Waals surface area (Å²) in [5, 5.41) is 2.98. The molecule has 0 aromatic heterocycles. The average molecular weight is 345 g/mol. The Morgan fingerprint density at radius 3 is 2.40 bits per heavy atom. The van der Waals surface area contributed by atoms with Gasteiger partial charge in [0.2, 0.25) is 0 Å². The summed E-state index contributed by atoms with van der Waals surface area (Å²) < 4.78 is 33.1. The predicted molar refractivity (Wildman–Crippen MR) is 95.0 cm³/mol. The van der Waals surface area contributed by atoms with Crippen molar-refractivity contribution in [1.29, 1.82) is 0 Å². The lowest BCUT2D eigenvalue weighted by Crippen LogP contribution is -2.23. The van der Waals surface area contributed by atoms with E-state index < -0.39 is 11.6 Å². The Kier molecular flexibility index (Phi) is 4.88. The number of nitrogens with zero attached hydrogens (tertiary/aromatic N) is 1. The van der Waals surface area contributed by atoms with E-state index in [1.165, 1.54) is 18.2 Å². The number of aliphatic imine (C=N–C) groups is 1. The molecule has 132 valence electrons. The Morgan fingerprint density at radius 2 is 1.80 bits per heavy atom. The number of ether oxygens (including phenoxy) is 1. The molecule has 4 nitrogen and oxygen atoms in total. The zero-order valence-electron chi connectivity index (χ0n) is 14.2. The minimum absolute atomic E-state index is 0.0965. The van der Waals surface area contributed by atoms with E-state index in [0.29, 0.717) is 6.42 Å². The van der Waals surface area contributed by atoms with Crippen LogP contribution in [0.4, 0.5) is 14.5 Å². The smallest absolute Gasteiger partial charge is 0.193 e. The van der Waals surface area contributed by atoms with Gasteiger partial charge < -0.3 is 15.8 Å². The fourth-order valence-electron chi connectivity index (χ4n) is 2.75. The van der Waals surface area contributed by atoms with E-state index in [-0.39, 0.29) is 29.6 Å². The fourth-order valence-corrected chi connectivity index (χ4v) is 2.75. The molecule has 1 fully saturated rings. The summed E-state index contributed by atoms with van der Waals surface area (Å²) in [5.41, 5.74) is 6.77. The van der Waals surface area contributed by atoms with Gasteiger partial charge in [-0.1, -0.05) is 6.07 Å². The molecule has 2 atom stereocenters. The summed E-state index contributed by atoms with van der Waals surface area (Å²) in [5.74, 6) is -0.330. The van der Waals surface area contributed by atoms with Crippen molar-refractivity contribution < 1.29 is 13.5 Å². The minimum atomic E-state index is -0.532. The highest BCUT2D eigenvalue weighted by molar-refractivity contribution is 5.92. The molecule has 0 heterocycles. The number of nitrogens with two attached hydrogens (primary N) is 1. The Labute approximate surface area is 145 Å². The van der Waals surface area contributed by atoms with Crippen LogP contribution < -0.4 is 15.8 Å². The molecule has 1 aliphatic rings. The average Bonchev–Trinajstić information content (AvgIpc) is 3.27. The van der Waals surface area contributed by atoms with E-state index in [4.69, 9.17) is 10.5 Å². The van der Waals surface area contributed by atoms with Crippen LogP contribution in [0.1, 0.15) is 31.7 Å². The normalized spacial score (nSPS) is 19.8.